The molecule has 0 radical (unpaired) electrons. The van der Waals surface area contributed by atoms with Crippen LogP contribution in [0.3, 0.4) is 0 Å². The summed E-state index contributed by atoms with van der Waals surface area (Å²) in [5.74, 6) is -0.515. The fourth-order valence-electron chi connectivity index (χ4n) is 5.61. The molecule has 4 rings (SSSR count). The standard InChI is InChI=1S/C21H29N3O4S/c1-20(2)10-16-11-21(3,13-20)14-24(16)29(27,28)17-6-4-5-15(9-17)19(26)23-8-7-22-18(25)12-23/h4-6,9,16H,7-8,10-14H2,1-3H3,(H,22,25)/t16-,21+/m0/s1. The lowest BCUT2D eigenvalue weighted by Crippen LogP contribution is -2.50. The summed E-state index contributed by atoms with van der Waals surface area (Å²) < 4.78 is 28.6. The summed E-state index contributed by atoms with van der Waals surface area (Å²) in [5.41, 5.74) is 0.414. The van der Waals surface area contributed by atoms with Crippen molar-refractivity contribution in [1.29, 1.82) is 0 Å². The van der Waals surface area contributed by atoms with Gasteiger partial charge in [0.05, 0.1) is 11.4 Å². The van der Waals surface area contributed by atoms with Crippen LogP contribution in [-0.4, -0.2) is 61.7 Å². The van der Waals surface area contributed by atoms with Crippen molar-refractivity contribution in [2.75, 3.05) is 26.2 Å². The number of sulfonamides is 1. The number of carbonyl (C=O) groups excluding carboxylic acids is 2. The first-order valence-electron chi connectivity index (χ1n) is 10.2. The van der Waals surface area contributed by atoms with Gasteiger partial charge < -0.3 is 10.2 Å². The smallest absolute Gasteiger partial charge is 0.254 e. The van der Waals surface area contributed by atoms with Gasteiger partial charge in [-0.25, -0.2) is 8.42 Å². The summed E-state index contributed by atoms with van der Waals surface area (Å²) >= 11 is 0. The van der Waals surface area contributed by atoms with Crippen molar-refractivity contribution in [2.45, 2.75) is 51.0 Å². The first-order valence-corrected chi connectivity index (χ1v) is 11.6. The summed E-state index contributed by atoms with van der Waals surface area (Å²) in [6.45, 7) is 7.95. The molecule has 2 heterocycles. The zero-order chi connectivity index (χ0) is 21.0. The summed E-state index contributed by atoms with van der Waals surface area (Å²) in [6.07, 6.45) is 2.75. The van der Waals surface area contributed by atoms with Crippen molar-refractivity contribution < 1.29 is 18.0 Å². The fraction of sp³-hybridized carbons (Fsp3) is 0.619. The van der Waals surface area contributed by atoms with E-state index in [1.807, 2.05) is 0 Å². The normalized spacial score (nSPS) is 29.6. The number of rotatable bonds is 3. The molecule has 1 saturated carbocycles. The third kappa shape index (κ3) is 3.80. The lowest BCUT2D eigenvalue weighted by atomic mass is 9.65. The molecule has 29 heavy (non-hydrogen) atoms. The molecule has 1 aromatic carbocycles. The minimum absolute atomic E-state index is 0.00102. The zero-order valence-electron chi connectivity index (χ0n) is 17.3. The first-order chi connectivity index (χ1) is 13.5. The third-order valence-electron chi connectivity index (χ3n) is 6.38. The van der Waals surface area contributed by atoms with E-state index < -0.39 is 10.0 Å². The van der Waals surface area contributed by atoms with Gasteiger partial charge >= 0.3 is 0 Å². The molecule has 2 amide bonds. The van der Waals surface area contributed by atoms with E-state index in [4.69, 9.17) is 0 Å². The molecule has 1 aliphatic carbocycles. The minimum atomic E-state index is -3.70. The number of piperazine rings is 1. The largest absolute Gasteiger partial charge is 0.353 e. The van der Waals surface area contributed by atoms with E-state index >= 15 is 0 Å². The van der Waals surface area contributed by atoms with Crippen LogP contribution in [0, 0.1) is 10.8 Å². The zero-order valence-corrected chi connectivity index (χ0v) is 18.1. The van der Waals surface area contributed by atoms with Crippen LogP contribution in [0.4, 0.5) is 0 Å². The predicted molar refractivity (Wildman–Crippen MR) is 109 cm³/mol. The molecule has 2 aliphatic heterocycles. The Morgan fingerprint density at radius 2 is 1.97 bits per heavy atom. The molecule has 3 fully saturated rings. The Morgan fingerprint density at radius 1 is 1.21 bits per heavy atom. The SMILES string of the molecule is CC1(C)C[C@H]2C[C@@](C)(CN2S(=O)(=O)c2cccc(C(=O)N3CCNC(=O)C3)c2)C1. The van der Waals surface area contributed by atoms with E-state index in [2.05, 4.69) is 26.1 Å². The van der Waals surface area contributed by atoms with Crippen LogP contribution in [0.15, 0.2) is 29.2 Å². The molecule has 1 aromatic rings. The van der Waals surface area contributed by atoms with Crippen LogP contribution < -0.4 is 5.32 Å². The molecule has 0 aromatic heterocycles. The van der Waals surface area contributed by atoms with Gasteiger partial charge in [-0.05, 0) is 48.3 Å². The number of hydrogen-bond donors (Lipinski definition) is 1. The van der Waals surface area contributed by atoms with Crippen molar-refractivity contribution in [3.63, 3.8) is 0 Å². The van der Waals surface area contributed by atoms with Crippen LogP contribution >= 0.6 is 0 Å². The van der Waals surface area contributed by atoms with Gasteiger partial charge in [0.2, 0.25) is 15.9 Å². The second-order valence-corrected chi connectivity index (χ2v) is 11.8. The molecule has 1 N–H and O–H groups in total. The van der Waals surface area contributed by atoms with Gasteiger partial charge in [-0.1, -0.05) is 26.8 Å². The van der Waals surface area contributed by atoms with Crippen LogP contribution in [0.2, 0.25) is 0 Å². The first kappa shape index (κ1) is 20.3. The molecule has 8 heteroatoms. The van der Waals surface area contributed by atoms with Gasteiger partial charge in [-0.15, -0.1) is 0 Å². The van der Waals surface area contributed by atoms with Crippen LogP contribution in [0.1, 0.15) is 50.4 Å². The van der Waals surface area contributed by atoms with Crippen LogP contribution in [-0.2, 0) is 14.8 Å². The Balaban J connectivity index is 1.61. The van der Waals surface area contributed by atoms with E-state index in [0.29, 0.717) is 25.2 Å². The molecule has 3 aliphatic rings. The van der Waals surface area contributed by atoms with Gasteiger partial charge in [-0.2, -0.15) is 4.31 Å². The Morgan fingerprint density at radius 3 is 2.69 bits per heavy atom. The van der Waals surface area contributed by atoms with Crippen LogP contribution in [0.25, 0.3) is 0 Å². The highest BCUT2D eigenvalue weighted by Crippen LogP contribution is 2.53. The van der Waals surface area contributed by atoms with Crippen molar-refractivity contribution >= 4 is 21.8 Å². The predicted octanol–water partition coefficient (Wildman–Crippen LogP) is 1.85. The second-order valence-electron chi connectivity index (χ2n) is 9.87. The molecule has 158 valence electrons. The molecule has 2 saturated heterocycles. The summed E-state index contributed by atoms with van der Waals surface area (Å²) in [6, 6.07) is 6.24. The average Bonchev–Trinajstić information content (AvgIpc) is 2.90. The maximum atomic E-state index is 13.5. The molecular weight excluding hydrogens is 390 g/mol. The van der Waals surface area contributed by atoms with Gasteiger partial charge in [0.1, 0.15) is 0 Å². The number of fused-ring (bicyclic) bond motifs is 2. The molecular formula is C21H29N3O4S. The Kier molecular flexibility index (Phi) is 4.77. The monoisotopic (exact) mass is 419 g/mol. The number of nitrogens with zero attached hydrogens (tertiary/aromatic N) is 2. The van der Waals surface area contributed by atoms with E-state index in [-0.39, 0.29) is 40.1 Å². The van der Waals surface area contributed by atoms with Crippen molar-refractivity contribution in [1.82, 2.24) is 14.5 Å². The molecule has 0 spiro atoms. The van der Waals surface area contributed by atoms with E-state index in [0.717, 1.165) is 19.3 Å². The van der Waals surface area contributed by atoms with Gasteiger partial charge in [0.15, 0.2) is 0 Å². The highest BCUT2D eigenvalue weighted by molar-refractivity contribution is 7.89. The Bertz CT molecular complexity index is 958. The quantitative estimate of drug-likeness (QED) is 0.810. The molecule has 7 nitrogen and oxygen atoms in total. The van der Waals surface area contributed by atoms with Crippen molar-refractivity contribution in [3.8, 4) is 0 Å². The van der Waals surface area contributed by atoms with Gasteiger partial charge in [0.25, 0.3) is 5.91 Å². The number of hydrogen-bond acceptors (Lipinski definition) is 4. The van der Waals surface area contributed by atoms with E-state index in [9.17, 15) is 18.0 Å². The van der Waals surface area contributed by atoms with Crippen LogP contribution in [0.5, 0.6) is 0 Å². The van der Waals surface area contributed by atoms with Crippen molar-refractivity contribution in [2.24, 2.45) is 10.8 Å². The highest BCUT2D eigenvalue weighted by Gasteiger charge is 2.53. The number of benzene rings is 1. The van der Waals surface area contributed by atoms with Gasteiger partial charge in [-0.3, -0.25) is 9.59 Å². The lowest BCUT2D eigenvalue weighted by Gasteiger charge is -2.39. The molecule has 0 unspecified atom stereocenters. The van der Waals surface area contributed by atoms with Crippen molar-refractivity contribution in [3.05, 3.63) is 29.8 Å². The fourth-order valence-corrected chi connectivity index (χ4v) is 7.43. The van der Waals surface area contributed by atoms with E-state index in [1.54, 1.807) is 22.5 Å². The molecule has 2 bridgehead atoms. The number of carbonyl (C=O) groups is 2. The third-order valence-corrected chi connectivity index (χ3v) is 8.27. The summed E-state index contributed by atoms with van der Waals surface area (Å²) in [7, 11) is -3.70. The Hall–Kier alpha value is -1.93. The minimum Gasteiger partial charge on any atom is -0.353 e. The molecule has 2 atom stereocenters. The maximum Gasteiger partial charge on any atom is 0.254 e. The van der Waals surface area contributed by atoms with Gasteiger partial charge in [0, 0.05) is 31.2 Å². The topological polar surface area (TPSA) is 86.8 Å². The maximum absolute atomic E-state index is 13.5. The highest BCUT2D eigenvalue weighted by atomic mass is 32.2. The average molecular weight is 420 g/mol. The summed E-state index contributed by atoms with van der Waals surface area (Å²) in [4.78, 5) is 26.0. The Labute approximate surface area is 172 Å². The summed E-state index contributed by atoms with van der Waals surface area (Å²) in [5, 5.41) is 2.69. The second kappa shape index (κ2) is 6.80. The lowest BCUT2D eigenvalue weighted by molar-refractivity contribution is -0.123. The number of nitrogens with one attached hydrogen (secondary N) is 1. The van der Waals surface area contributed by atoms with E-state index in [1.165, 1.54) is 11.0 Å². The number of amides is 2.